The first kappa shape index (κ1) is 29.2. The van der Waals surface area contributed by atoms with Crippen molar-refractivity contribution in [3.8, 4) is 17.4 Å². The van der Waals surface area contributed by atoms with Gasteiger partial charge in [0.05, 0.1) is 33.1 Å². The Labute approximate surface area is 254 Å². The summed E-state index contributed by atoms with van der Waals surface area (Å²) >= 11 is 6.55. The summed E-state index contributed by atoms with van der Waals surface area (Å²) in [6.45, 7) is 1.63. The smallest absolute Gasteiger partial charge is 0.274 e. The van der Waals surface area contributed by atoms with Gasteiger partial charge >= 0.3 is 0 Å². The average molecular weight is 627 g/mol. The molecule has 0 spiro atoms. The largest absolute Gasteiger partial charge is 0.497 e. The summed E-state index contributed by atoms with van der Waals surface area (Å²) in [6, 6.07) is 11.6. The second-order valence-corrected chi connectivity index (χ2v) is 12.7. The maximum atomic E-state index is 15.2. The summed E-state index contributed by atoms with van der Waals surface area (Å²) in [5.41, 5.74) is -1.06. The molecule has 1 aromatic heterocycles. The lowest BCUT2D eigenvalue weighted by molar-refractivity contribution is -0.143. The van der Waals surface area contributed by atoms with Crippen molar-refractivity contribution in [2.75, 3.05) is 45.3 Å². The number of rotatable bonds is 8. The Bertz CT molecular complexity index is 1710. The van der Waals surface area contributed by atoms with Gasteiger partial charge in [0.15, 0.2) is 5.54 Å². The highest BCUT2D eigenvalue weighted by Gasteiger charge is 2.63. The molecule has 0 aliphatic carbocycles. The average Bonchev–Trinajstić information content (AvgIpc) is 3.57. The van der Waals surface area contributed by atoms with Crippen molar-refractivity contribution in [3.05, 3.63) is 70.9 Å². The fourth-order valence-corrected chi connectivity index (χ4v) is 8.14. The first-order chi connectivity index (χ1) is 20.7. The van der Waals surface area contributed by atoms with Gasteiger partial charge < -0.3 is 19.1 Å². The number of anilines is 1. The molecule has 3 aromatic rings. The fraction of sp³-hybridized carbons (Fsp3) is 0.367. The highest BCUT2D eigenvalue weighted by molar-refractivity contribution is 7.93. The Balaban J connectivity index is 1.63. The van der Waals surface area contributed by atoms with Crippen molar-refractivity contribution >= 4 is 39.1 Å². The minimum atomic E-state index is -4.58. The van der Waals surface area contributed by atoms with Crippen LogP contribution in [0.4, 0.5) is 5.69 Å². The molecule has 0 radical (unpaired) electrons. The lowest BCUT2D eigenvalue weighted by Gasteiger charge is -2.43. The number of pyridine rings is 1. The number of benzene rings is 2. The molecule has 13 heteroatoms. The number of aromatic nitrogens is 1. The molecule has 2 aromatic carbocycles. The van der Waals surface area contributed by atoms with Crippen LogP contribution in [0.3, 0.4) is 0 Å². The number of halogens is 1. The van der Waals surface area contributed by atoms with E-state index in [1.54, 1.807) is 23.1 Å². The van der Waals surface area contributed by atoms with Crippen molar-refractivity contribution in [1.82, 2.24) is 14.8 Å². The van der Waals surface area contributed by atoms with Gasteiger partial charge in [-0.1, -0.05) is 11.6 Å². The van der Waals surface area contributed by atoms with E-state index in [1.165, 1.54) is 57.9 Å². The SMILES string of the molecule is COc1ccc(S(=O)(=O)N2C(=O)C(c3cccnc3OC)(N3CCC[C@H]3C(=O)N3CCC3)c3cc(Cl)ccc32)c(OC)c1. The van der Waals surface area contributed by atoms with E-state index in [2.05, 4.69) is 4.98 Å². The predicted octanol–water partition coefficient (Wildman–Crippen LogP) is 3.44. The third-order valence-electron chi connectivity index (χ3n) is 8.44. The number of methoxy groups -OCH3 is 3. The van der Waals surface area contributed by atoms with Crippen molar-refractivity contribution < 1.29 is 32.2 Å². The number of nitrogens with zero attached hydrogens (tertiary/aromatic N) is 4. The third-order valence-corrected chi connectivity index (χ3v) is 10.4. The molecule has 43 heavy (non-hydrogen) atoms. The summed E-state index contributed by atoms with van der Waals surface area (Å²) in [5, 5.41) is 0.296. The highest BCUT2D eigenvalue weighted by atomic mass is 35.5. The molecular weight excluding hydrogens is 596 g/mol. The van der Waals surface area contributed by atoms with Gasteiger partial charge in [0.2, 0.25) is 11.8 Å². The molecule has 4 heterocycles. The second kappa shape index (κ2) is 11.0. The van der Waals surface area contributed by atoms with Crippen molar-refractivity contribution in [1.29, 1.82) is 0 Å². The lowest BCUT2D eigenvalue weighted by atomic mass is 9.81. The first-order valence-corrected chi connectivity index (χ1v) is 15.7. The predicted molar refractivity (Wildman–Crippen MR) is 158 cm³/mol. The van der Waals surface area contributed by atoms with Crippen LogP contribution in [0.2, 0.25) is 5.02 Å². The molecule has 2 saturated heterocycles. The molecule has 3 aliphatic heterocycles. The zero-order chi connectivity index (χ0) is 30.5. The Hall–Kier alpha value is -3.87. The number of likely N-dealkylation sites (tertiary alicyclic amines) is 2. The van der Waals surface area contributed by atoms with Crippen molar-refractivity contribution in [2.24, 2.45) is 0 Å². The minimum absolute atomic E-state index is 0.00568. The van der Waals surface area contributed by atoms with Gasteiger partial charge in [0, 0.05) is 48.0 Å². The monoisotopic (exact) mass is 626 g/mol. The molecule has 226 valence electrons. The number of carbonyl (C=O) groups excluding carboxylic acids is 2. The van der Waals surface area contributed by atoms with Crippen LogP contribution in [0.25, 0.3) is 0 Å². The van der Waals surface area contributed by atoms with E-state index in [0.717, 1.165) is 10.7 Å². The molecule has 6 rings (SSSR count). The molecule has 0 bridgehead atoms. The van der Waals surface area contributed by atoms with E-state index in [1.807, 2.05) is 4.90 Å². The van der Waals surface area contributed by atoms with Crippen molar-refractivity contribution in [3.63, 3.8) is 0 Å². The highest BCUT2D eigenvalue weighted by Crippen LogP contribution is 2.55. The fourth-order valence-electron chi connectivity index (χ4n) is 6.37. The molecule has 0 saturated carbocycles. The lowest BCUT2D eigenvalue weighted by Crippen LogP contribution is -2.60. The Morgan fingerprint density at radius 2 is 1.77 bits per heavy atom. The molecule has 2 atom stereocenters. The minimum Gasteiger partial charge on any atom is -0.497 e. The van der Waals surface area contributed by atoms with Crippen LogP contribution in [-0.2, 0) is 25.2 Å². The van der Waals surface area contributed by atoms with Crippen LogP contribution in [0, 0.1) is 0 Å². The normalized spacial score (nSPS) is 21.9. The zero-order valence-corrected chi connectivity index (χ0v) is 25.5. The van der Waals surface area contributed by atoms with E-state index in [9.17, 15) is 13.2 Å². The van der Waals surface area contributed by atoms with Crippen LogP contribution in [-0.4, -0.2) is 82.0 Å². The number of fused-ring (bicyclic) bond motifs is 1. The van der Waals surface area contributed by atoms with Crippen LogP contribution in [0.5, 0.6) is 17.4 Å². The van der Waals surface area contributed by atoms with Crippen molar-refractivity contribution in [2.45, 2.75) is 35.7 Å². The summed E-state index contributed by atoms with van der Waals surface area (Å²) in [7, 11) is -0.352. The Morgan fingerprint density at radius 3 is 2.44 bits per heavy atom. The summed E-state index contributed by atoms with van der Waals surface area (Å²) < 4.78 is 46.2. The quantitative estimate of drug-likeness (QED) is 0.370. The summed E-state index contributed by atoms with van der Waals surface area (Å²) in [4.78, 5) is 36.7. The molecule has 3 aliphatic rings. The molecule has 11 nitrogen and oxygen atoms in total. The zero-order valence-electron chi connectivity index (χ0n) is 23.9. The van der Waals surface area contributed by atoms with E-state index >= 15 is 4.79 Å². The van der Waals surface area contributed by atoms with E-state index in [-0.39, 0.29) is 28.1 Å². The molecular formula is C30H31ClN4O7S. The van der Waals surface area contributed by atoms with Gasteiger partial charge in [-0.2, -0.15) is 0 Å². The number of ether oxygens (including phenoxy) is 3. The maximum Gasteiger partial charge on any atom is 0.274 e. The number of carbonyl (C=O) groups is 2. The van der Waals surface area contributed by atoms with Gasteiger partial charge in [0.1, 0.15) is 16.4 Å². The number of amides is 2. The van der Waals surface area contributed by atoms with Crippen LogP contribution >= 0.6 is 11.6 Å². The molecule has 2 fully saturated rings. The van der Waals surface area contributed by atoms with Gasteiger partial charge in [-0.25, -0.2) is 17.7 Å². The Morgan fingerprint density at radius 1 is 0.977 bits per heavy atom. The maximum absolute atomic E-state index is 15.2. The van der Waals surface area contributed by atoms with E-state index < -0.39 is 27.5 Å². The molecule has 0 N–H and O–H groups in total. The first-order valence-electron chi connectivity index (χ1n) is 13.9. The van der Waals surface area contributed by atoms with Crippen LogP contribution in [0.1, 0.15) is 30.4 Å². The number of hydrogen-bond acceptors (Lipinski definition) is 9. The Kier molecular flexibility index (Phi) is 7.47. The summed E-state index contributed by atoms with van der Waals surface area (Å²) in [6.07, 6.45) is 3.56. The van der Waals surface area contributed by atoms with Crippen LogP contribution < -0.4 is 18.5 Å². The molecule has 1 unspecified atom stereocenters. The van der Waals surface area contributed by atoms with Gasteiger partial charge in [-0.3, -0.25) is 14.5 Å². The number of hydrogen-bond donors (Lipinski definition) is 0. The van der Waals surface area contributed by atoms with Crippen LogP contribution in [0.15, 0.2) is 59.6 Å². The van der Waals surface area contributed by atoms with E-state index in [0.29, 0.717) is 54.4 Å². The molecule has 2 amide bonds. The van der Waals surface area contributed by atoms with E-state index in [4.69, 9.17) is 25.8 Å². The summed E-state index contributed by atoms with van der Waals surface area (Å²) in [5.74, 6) is -0.372. The van der Waals surface area contributed by atoms with Gasteiger partial charge in [-0.05, 0) is 61.7 Å². The van der Waals surface area contributed by atoms with Gasteiger partial charge in [-0.15, -0.1) is 0 Å². The third kappa shape index (κ3) is 4.34. The van der Waals surface area contributed by atoms with Gasteiger partial charge in [0.25, 0.3) is 15.9 Å². The standard InChI is InChI=1S/C30H31ClN4O7S/c1-40-20-10-12-26(25(18-20)41-2)43(38,39)35-23-11-9-19(31)17-22(23)30(29(35)37,21-7-4-13-32-27(21)42-3)34-16-5-8-24(34)28(36)33-14-6-15-33/h4,7,9-13,17-18,24H,5-6,8,14-16H2,1-3H3/t24-,30?/m0/s1. The number of sulfonamides is 1. The second-order valence-electron chi connectivity index (χ2n) is 10.6. The topological polar surface area (TPSA) is 119 Å².